The van der Waals surface area contributed by atoms with Crippen LogP contribution in [0.15, 0.2) is 24.3 Å². The third kappa shape index (κ3) is 4.40. The van der Waals surface area contributed by atoms with Crippen LogP contribution in [0, 0.1) is 17.8 Å². The zero-order chi connectivity index (χ0) is 15.5. The lowest BCUT2D eigenvalue weighted by Crippen LogP contribution is -2.50. The monoisotopic (exact) mass is 356 g/mol. The zero-order valence-corrected chi connectivity index (χ0v) is 15.1. The van der Waals surface area contributed by atoms with E-state index < -0.39 is 0 Å². The Morgan fingerprint density at radius 1 is 1.17 bits per heavy atom. The number of nitrogens with one attached hydrogen (secondary N) is 2. The molecule has 23 heavy (non-hydrogen) atoms. The molecule has 2 atom stereocenters. The number of amides is 1. The standard InChI is InChI=1S/C18H25ClN2O.ClH/c1-12(15-10-20-11-15)18(22)21-17(13-4-2-3-5-13)14-6-8-16(19)9-7-14;/h6-9,12-13,15,17,20H,2-5,10-11H2,1H3,(H,21,22);1H. The smallest absolute Gasteiger partial charge is 0.223 e. The van der Waals surface area contributed by atoms with Gasteiger partial charge in [0.1, 0.15) is 0 Å². The Labute approximate surface area is 150 Å². The van der Waals surface area contributed by atoms with Crippen LogP contribution in [0.2, 0.25) is 5.02 Å². The van der Waals surface area contributed by atoms with E-state index in [4.69, 9.17) is 11.6 Å². The van der Waals surface area contributed by atoms with Gasteiger partial charge in [0.05, 0.1) is 6.04 Å². The Balaban J connectivity index is 0.00000192. The molecule has 1 aliphatic carbocycles. The maximum absolute atomic E-state index is 12.6. The van der Waals surface area contributed by atoms with Crippen molar-refractivity contribution >= 4 is 29.9 Å². The van der Waals surface area contributed by atoms with E-state index in [0.29, 0.717) is 11.8 Å². The van der Waals surface area contributed by atoms with E-state index in [2.05, 4.69) is 29.7 Å². The van der Waals surface area contributed by atoms with Crippen LogP contribution in [0.25, 0.3) is 0 Å². The molecule has 128 valence electrons. The van der Waals surface area contributed by atoms with Crippen LogP contribution in [0.4, 0.5) is 0 Å². The van der Waals surface area contributed by atoms with Crippen molar-refractivity contribution in [2.24, 2.45) is 17.8 Å². The number of carbonyl (C=O) groups excluding carboxylic acids is 1. The van der Waals surface area contributed by atoms with E-state index in [-0.39, 0.29) is 30.3 Å². The van der Waals surface area contributed by atoms with Gasteiger partial charge in [-0.1, -0.05) is 43.5 Å². The van der Waals surface area contributed by atoms with Crippen molar-refractivity contribution in [3.8, 4) is 0 Å². The Morgan fingerprint density at radius 2 is 1.78 bits per heavy atom. The molecule has 1 aliphatic heterocycles. The fourth-order valence-corrected chi connectivity index (χ4v) is 3.72. The number of hydrogen-bond acceptors (Lipinski definition) is 2. The van der Waals surface area contributed by atoms with Crippen LogP contribution in [0.1, 0.15) is 44.2 Å². The largest absolute Gasteiger partial charge is 0.349 e. The summed E-state index contributed by atoms with van der Waals surface area (Å²) < 4.78 is 0. The lowest BCUT2D eigenvalue weighted by Gasteiger charge is -2.34. The van der Waals surface area contributed by atoms with Crippen LogP contribution in [0.5, 0.6) is 0 Å². The van der Waals surface area contributed by atoms with E-state index in [1.165, 1.54) is 31.2 Å². The van der Waals surface area contributed by atoms with Gasteiger partial charge in [0.25, 0.3) is 0 Å². The molecule has 0 spiro atoms. The highest BCUT2D eigenvalue weighted by atomic mass is 35.5. The molecule has 2 fully saturated rings. The molecule has 0 radical (unpaired) electrons. The van der Waals surface area contributed by atoms with Crippen LogP contribution in [0.3, 0.4) is 0 Å². The van der Waals surface area contributed by atoms with Crippen molar-refractivity contribution in [2.75, 3.05) is 13.1 Å². The maximum Gasteiger partial charge on any atom is 0.223 e. The van der Waals surface area contributed by atoms with Crippen LogP contribution >= 0.6 is 24.0 Å². The molecule has 5 heteroatoms. The quantitative estimate of drug-likeness (QED) is 0.837. The lowest BCUT2D eigenvalue weighted by atomic mass is 9.86. The van der Waals surface area contributed by atoms with Crippen molar-refractivity contribution in [2.45, 2.75) is 38.6 Å². The van der Waals surface area contributed by atoms with Crippen LogP contribution in [-0.4, -0.2) is 19.0 Å². The minimum atomic E-state index is 0. The summed E-state index contributed by atoms with van der Waals surface area (Å²) in [5.41, 5.74) is 1.18. The predicted molar refractivity (Wildman–Crippen MR) is 97.1 cm³/mol. The highest BCUT2D eigenvalue weighted by Gasteiger charge is 2.33. The molecule has 1 aromatic carbocycles. The van der Waals surface area contributed by atoms with Crippen LogP contribution in [-0.2, 0) is 4.79 Å². The van der Waals surface area contributed by atoms with Gasteiger partial charge in [0.2, 0.25) is 5.91 Å². The molecule has 3 nitrogen and oxygen atoms in total. The van der Waals surface area contributed by atoms with Gasteiger partial charge in [0, 0.05) is 10.9 Å². The fraction of sp³-hybridized carbons (Fsp3) is 0.611. The predicted octanol–water partition coefficient (Wildman–Crippen LogP) is 3.96. The van der Waals surface area contributed by atoms with E-state index in [0.717, 1.165) is 18.1 Å². The zero-order valence-electron chi connectivity index (χ0n) is 13.6. The van der Waals surface area contributed by atoms with Crippen LogP contribution < -0.4 is 10.6 Å². The summed E-state index contributed by atoms with van der Waals surface area (Å²) in [5.74, 6) is 1.31. The molecule has 1 aromatic rings. The number of carbonyl (C=O) groups is 1. The van der Waals surface area contributed by atoms with Crippen molar-refractivity contribution < 1.29 is 4.79 Å². The molecule has 0 bridgehead atoms. The summed E-state index contributed by atoms with van der Waals surface area (Å²) in [7, 11) is 0. The molecule has 1 saturated carbocycles. The molecule has 2 aliphatic rings. The highest BCUT2D eigenvalue weighted by molar-refractivity contribution is 6.30. The minimum Gasteiger partial charge on any atom is -0.349 e. The van der Waals surface area contributed by atoms with Gasteiger partial charge in [-0.2, -0.15) is 0 Å². The minimum absolute atomic E-state index is 0. The van der Waals surface area contributed by atoms with Gasteiger partial charge in [0.15, 0.2) is 0 Å². The second-order valence-corrected chi connectivity index (χ2v) is 7.23. The second-order valence-electron chi connectivity index (χ2n) is 6.79. The lowest BCUT2D eigenvalue weighted by molar-refractivity contribution is -0.127. The summed E-state index contributed by atoms with van der Waals surface area (Å²) in [6, 6.07) is 8.08. The first kappa shape index (κ1) is 18.6. The molecule has 0 aromatic heterocycles. The summed E-state index contributed by atoms with van der Waals surface area (Å²) in [4.78, 5) is 12.6. The molecule has 1 saturated heterocycles. The maximum atomic E-state index is 12.6. The normalized spacial score (nSPS) is 21.1. The molecule has 2 unspecified atom stereocenters. The average Bonchev–Trinajstić information content (AvgIpc) is 2.97. The Bertz CT molecular complexity index is 510. The SMILES string of the molecule is CC(C(=O)NC(c1ccc(Cl)cc1)C1CCCC1)C1CNC1.Cl. The molecular formula is C18H26Cl2N2O. The summed E-state index contributed by atoms with van der Waals surface area (Å²) >= 11 is 6.01. The third-order valence-electron chi connectivity index (χ3n) is 5.33. The average molecular weight is 357 g/mol. The molecule has 1 amide bonds. The summed E-state index contributed by atoms with van der Waals surface area (Å²) in [5, 5.41) is 7.33. The van der Waals surface area contributed by atoms with Gasteiger partial charge in [-0.25, -0.2) is 0 Å². The molecule has 3 rings (SSSR count). The van der Waals surface area contributed by atoms with Gasteiger partial charge >= 0.3 is 0 Å². The van der Waals surface area contributed by atoms with Crippen molar-refractivity contribution in [1.82, 2.24) is 10.6 Å². The van der Waals surface area contributed by atoms with Gasteiger partial charge < -0.3 is 10.6 Å². The number of rotatable bonds is 5. The van der Waals surface area contributed by atoms with E-state index in [1.807, 2.05) is 12.1 Å². The van der Waals surface area contributed by atoms with Crippen molar-refractivity contribution in [3.05, 3.63) is 34.9 Å². The first-order valence-corrected chi connectivity index (χ1v) is 8.79. The second kappa shape index (κ2) is 8.36. The van der Waals surface area contributed by atoms with Crippen molar-refractivity contribution in [3.63, 3.8) is 0 Å². The number of hydrogen-bond donors (Lipinski definition) is 2. The molecular weight excluding hydrogens is 331 g/mol. The first-order chi connectivity index (χ1) is 10.6. The van der Waals surface area contributed by atoms with E-state index >= 15 is 0 Å². The van der Waals surface area contributed by atoms with E-state index in [1.54, 1.807) is 0 Å². The molecule has 2 N–H and O–H groups in total. The third-order valence-corrected chi connectivity index (χ3v) is 5.58. The summed E-state index contributed by atoms with van der Waals surface area (Å²) in [6.45, 7) is 3.97. The Morgan fingerprint density at radius 3 is 2.30 bits per heavy atom. The Hall–Kier alpha value is -0.770. The number of halogens is 2. The van der Waals surface area contributed by atoms with Crippen molar-refractivity contribution in [1.29, 1.82) is 0 Å². The first-order valence-electron chi connectivity index (χ1n) is 8.41. The van der Waals surface area contributed by atoms with E-state index in [9.17, 15) is 4.79 Å². The summed E-state index contributed by atoms with van der Waals surface area (Å²) in [6.07, 6.45) is 4.94. The number of benzene rings is 1. The molecule has 1 heterocycles. The topological polar surface area (TPSA) is 41.1 Å². The Kier molecular flexibility index (Phi) is 6.75. The van der Waals surface area contributed by atoms with Gasteiger partial charge in [-0.3, -0.25) is 4.79 Å². The van der Waals surface area contributed by atoms with Gasteiger partial charge in [-0.05, 0) is 55.5 Å². The highest BCUT2D eigenvalue weighted by Crippen LogP contribution is 2.36. The fourth-order valence-electron chi connectivity index (χ4n) is 3.60. The van der Waals surface area contributed by atoms with Gasteiger partial charge in [-0.15, -0.1) is 12.4 Å².